The highest BCUT2D eigenvalue weighted by atomic mass is 35.5. The van der Waals surface area contributed by atoms with Crippen molar-refractivity contribution in [1.29, 1.82) is 0 Å². The van der Waals surface area contributed by atoms with Crippen LogP contribution in [0.1, 0.15) is 5.56 Å². The second-order valence-electron chi connectivity index (χ2n) is 7.21. The third-order valence-electron chi connectivity index (χ3n) is 5.12. The van der Waals surface area contributed by atoms with Gasteiger partial charge in [-0.2, -0.15) is 0 Å². The number of hydrogen-bond acceptors (Lipinski definition) is 7. The summed E-state index contributed by atoms with van der Waals surface area (Å²) >= 11 is 5.81. The van der Waals surface area contributed by atoms with Crippen LogP contribution in [-0.4, -0.2) is 67.6 Å². The van der Waals surface area contributed by atoms with E-state index in [-0.39, 0.29) is 28.8 Å². The number of methoxy groups -OCH3 is 2. The maximum atomic E-state index is 12.4. The van der Waals surface area contributed by atoms with E-state index in [1.54, 1.807) is 14.2 Å². The van der Waals surface area contributed by atoms with E-state index >= 15 is 0 Å². The number of nitro groups is 1. The normalized spacial score (nSPS) is 14.8. The number of carbonyl (C=O) groups is 1. The largest absolute Gasteiger partial charge is 0.493 e. The van der Waals surface area contributed by atoms with Crippen molar-refractivity contribution >= 4 is 28.9 Å². The number of ether oxygens (including phenoxy) is 2. The first-order chi connectivity index (χ1) is 14.9. The Morgan fingerprint density at radius 1 is 1.06 bits per heavy atom. The number of rotatable bonds is 8. The number of anilines is 1. The Kier molecular flexibility index (Phi) is 7.67. The number of carbonyl (C=O) groups excluding carboxylic acids is 1. The minimum absolute atomic E-state index is 0.145. The van der Waals surface area contributed by atoms with Crippen molar-refractivity contribution in [1.82, 2.24) is 9.80 Å². The van der Waals surface area contributed by atoms with Crippen LogP contribution in [0.2, 0.25) is 5.02 Å². The fourth-order valence-electron chi connectivity index (χ4n) is 3.50. The molecule has 10 heteroatoms. The molecule has 0 spiro atoms. The Labute approximate surface area is 185 Å². The van der Waals surface area contributed by atoms with Gasteiger partial charge in [0.05, 0.1) is 25.7 Å². The first-order valence-electron chi connectivity index (χ1n) is 9.79. The van der Waals surface area contributed by atoms with E-state index in [0.717, 1.165) is 38.3 Å². The van der Waals surface area contributed by atoms with Gasteiger partial charge in [-0.15, -0.1) is 0 Å². The van der Waals surface area contributed by atoms with Gasteiger partial charge in [-0.05, 0) is 29.8 Å². The zero-order valence-corrected chi connectivity index (χ0v) is 18.2. The third kappa shape index (κ3) is 6.06. The quantitative estimate of drug-likeness (QED) is 0.489. The summed E-state index contributed by atoms with van der Waals surface area (Å²) in [6.45, 7) is 4.01. The summed E-state index contributed by atoms with van der Waals surface area (Å²) in [5.41, 5.74) is 1.05. The molecule has 3 rings (SSSR count). The highest BCUT2D eigenvalue weighted by molar-refractivity contribution is 6.31. The summed E-state index contributed by atoms with van der Waals surface area (Å²) in [7, 11) is 3.22. The molecule has 9 nitrogen and oxygen atoms in total. The molecule has 1 fully saturated rings. The van der Waals surface area contributed by atoms with Crippen molar-refractivity contribution in [2.75, 3.05) is 52.3 Å². The lowest BCUT2D eigenvalue weighted by Crippen LogP contribution is -2.48. The summed E-state index contributed by atoms with van der Waals surface area (Å²) in [4.78, 5) is 27.3. The Balaban J connectivity index is 1.50. The molecule has 2 aromatic carbocycles. The minimum Gasteiger partial charge on any atom is -0.493 e. The van der Waals surface area contributed by atoms with Crippen LogP contribution in [0.5, 0.6) is 11.5 Å². The fourth-order valence-corrected chi connectivity index (χ4v) is 3.66. The van der Waals surface area contributed by atoms with Gasteiger partial charge < -0.3 is 14.8 Å². The smallest absolute Gasteiger partial charge is 0.294 e. The molecule has 1 aliphatic rings. The lowest BCUT2D eigenvalue weighted by molar-refractivity contribution is -0.383. The van der Waals surface area contributed by atoms with Crippen LogP contribution < -0.4 is 14.8 Å². The van der Waals surface area contributed by atoms with E-state index in [4.69, 9.17) is 21.1 Å². The van der Waals surface area contributed by atoms with Gasteiger partial charge in [0.15, 0.2) is 11.5 Å². The van der Waals surface area contributed by atoms with Crippen molar-refractivity contribution in [3.8, 4) is 11.5 Å². The molecule has 1 aliphatic heterocycles. The standard InChI is InChI=1S/C21H25ClN4O5/c1-30-19-6-3-15(11-20(19)31-2)13-24-7-9-25(10-8-24)14-21(27)23-17-5-4-16(22)12-18(17)26(28)29/h3-6,11-12H,7-10,13-14H2,1-2H3,(H,23,27). The summed E-state index contributed by atoms with van der Waals surface area (Å²) in [6, 6.07) is 10.1. The molecular formula is C21H25ClN4O5. The Hall–Kier alpha value is -2.88. The Bertz CT molecular complexity index is 947. The number of nitrogens with one attached hydrogen (secondary N) is 1. The third-order valence-corrected chi connectivity index (χ3v) is 5.35. The van der Waals surface area contributed by atoms with Crippen molar-refractivity contribution in [3.63, 3.8) is 0 Å². The van der Waals surface area contributed by atoms with Crippen LogP contribution >= 0.6 is 11.6 Å². The molecule has 0 aromatic heterocycles. The van der Waals surface area contributed by atoms with Crippen molar-refractivity contribution < 1.29 is 19.2 Å². The number of nitrogens with zero attached hydrogens (tertiary/aromatic N) is 3. The molecule has 2 aromatic rings. The first-order valence-corrected chi connectivity index (χ1v) is 10.2. The van der Waals surface area contributed by atoms with Gasteiger partial charge in [0.2, 0.25) is 5.91 Å². The van der Waals surface area contributed by atoms with Gasteiger partial charge in [-0.3, -0.25) is 24.7 Å². The summed E-state index contributed by atoms with van der Waals surface area (Å²) in [5, 5.41) is 14.0. The average Bonchev–Trinajstić information content (AvgIpc) is 2.76. The van der Waals surface area contributed by atoms with E-state index in [2.05, 4.69) is 10.2 Å². The van der Waals surface area contributed by atoms with Crippen molar-refractivity contribution in [2.45, 2.75) is 6.54 Å². The van der Waals surface area contributed by atoms with Crippen LogP contribution in [-0.2, 0) is 11.3 Å². The van der Waals surface area contributed by atoms with Gasteiger partial charge in [0.1, 0.15) is 5.69 Å². The zero-order chi connectivity index (χ0) is 22.4. The summed E-state index contributed by atoms with van der Waals surface area (Å²) < 4.78 is 10.6. The van der Waals surface area contributed by atoms with Crippen LogP contribution in [0.15, 0.2) is 36.4 Å². The van der Waals surface area contributed by atoms with Crippen LogP contribution in [0.25, 0.3) is 0 Å². The number of hydrogen-bond donors (Lipinski definition) is 1. The molecule has 1 amide bonds. The van der Waals surface area contributed by atoms with E-state index < -0.39 is 4.92 Å². The molecule has 0 atom stereocenters. The van der Waals surface area contributed by atoms with Gasteiger partial charge in [-0.25, -0.2) is 0 Å². The molecule has 31 heavy (non-hydrogen) atoms. The topological polar surface area (TPSA) is 97.2 Å². The van der Waals surface area contributed by atoms with Crippen molar-refractivity contribution in [2.24, 2.45) is 0 Å². The Morgan fingerprint density at radius 3 is 2.39 bits per heavy atom. The lowest BCUT2D eigenvalue weighted by Gasteiger charge is -2.34. The molecule has 0 saturated carbocycles. The molecule has 166 valence electrons. The second-order valence-corrected chi connectivity index (χ2v) is 7.64. The number of nitro benzene ring substituents is 1. The van der Waals surface area contributed by atoms with Gasteiger partial charge in [-0.1, -0.05) is 17.7 Å². The van der Waals surface area contributed by atoms with Gasteiger partial charge in [0.25, 0.3) is 5.69 Å². The van der Waals surface area contributed by atoms with Gasteiger partial charge in [0, 0.05) is 43.8 Å². The van der Waals surface area contributed by atoms with E-state index in [1.165, 1.54) is 18.2 Å². The average molecular weight is 449 g/mol. The SMILES string of the molecule is COc1ccc(CN2CCN(CC(=O)Nc3ccc(Cl)cc3[N+](=O)[O-])CC2)cc1OC. The second kappa shape index (κ2) is 10.4. The minimum atomic E-state index is -0.561. The molecule has 1 saturated heterocycles. The molecular weight excluding hydrogens is 424 g/mol. The zero-order valence-electron chi connectivity index (χ0n) is 17.5. The van der Waals surface area contributed by atoms with E-state index in [0.29, 0.717) is 11.5 Å². The molecule has 0 radical (unpaired) electrons. The number of benzene rings is 2. The number of halogens is 1. The van der Waals surface area contributed by atoms with Crippen LogP contribution in [0.4, 0.5) is 11.4 Å². The molecule has 0 aliphatic carbocycles. The van der Waals surface area contributed by atoms with E-state index in [9.17, 15) is 14.9 Å². The van der Waals surface area contributed by atoms with Crippen LogP contribution in [0.3, 0.4) is 0 Å². The predicted octanol–water partition coefficient (Wildman–Crippen LogP) is 3.02. The Morgan fingerprint density at radius 2 is 1.74 bits per heavy atom. The van der Waals surface area contributed by atoms with Crippen LogP contribution in [0, 0.1) is 10.1 Å². The first kappa shape index (κ1) is 22.8. The van der Waals surface area contributed by atoms with Crippen molar-refractivity contribution in [3.05, 3.63) is 57.1 Å². The fraction of sp³-hybridized carbons (Fsp3) is 0.381. The predicted molar refractivity (Wildman–Crippen MR) is 118 cm³/mol. The number of piperazine rings is 1. The highest BCUT2D eigenvalue weighted by Crippen LogP contribution is 2.29. The maximum Gasteiger partial charge on any atom is 0.294 e. The molecule has 1 N–H and O–H groups in total. The highest BCUT2D eigenvalue weighted by Gasteiger charge is 2.21. The maximum absolute atomic E-state index is 12.4. The number of amides is 1. The molecule has 1 heterocycles. The molecule has 0 unspecified atom stereocenters. The molecule has 0 bridgehead atoms. The van der Waals surface area contributed by atoms with E-state index in [1.807, 2.05) is 23.1 Å². The summed E-state index contributed by atoms with van der Waals surface area (Å²) in [6.07, 6.45) is 0. The lowest BCUT2D eigenvalue weighted by atomic mass is 10.1. The monoisotopic (exact) mass is 448 g/mol. The summed E-state index contributed by atoms with van der Waals surface area (Å²) in [5.74, 6) is 1.10. The van der Waals surface area contributed by atoms with Gasteiger partial charge >= 0.3 is 0 Å².